The SMILES string of the molecule is Cc1nc(-c2ncccn2)sc1C(=O)NC(C)(CN)C(C)C.Cl. The standard InChI is InChI=1S/C15H21N5OS.ClH/c1-9(2)15(4,8-16)20-13(21)11-10(3)19-14(22-11)12-17-6-5-7-18-12;/h5-7,9H,8,16H2,1-4H3,(H,20,21);1H. The van der Waals surface area contributed by atoms with Gasteiger partial charge in [0.25, 0.3) is 5.91 Å². The topological polar surface area (TPSA) is 93.8 Å². The fraction of sp³-hybridized carbons (Fsp3) is 0.467. The lowest BCUT2D eigenvalue weighted by molar-refractivity contribution is 0.0886. The lowest BCUT2D eigenvalue weighted by atomic mass is 9.88. The van der Waals surface area contributed by atoms with E-state index in [9.17, 15) is 4.79 Å². The van der Waals surface area contributed by atoms with Crippen molar-refractivity contribution in [3.63, 3.8) is 0 Å². The molecule has 2 aromatic heterocycles. The summed E-state index contributed by atoms with van der Waals surface area (Å²) in [6.45, 7) is 8.22. The van der Waals surface area contributed by atoms with Crippen LogP contribution in [-0.2, 0) is 0 Å². The van der Waals surface area contributed by atoms with Crippen molar-refractivity contribution in [3.05, 3.63) is 29.0 Å². The minimum absolute atomic E-state index is 0. The molecule has 0 spiro atoms. The highest BCUT2D eigenvalue weighted by molar-refractivity contribution is 7.17. The summed E-state index contributed by atoms with van der Waals surface area (Å²) >= 11 is 1.29. The van der Waals surface area contributed by atoms with Crippen LogP contribution in [0, 0.1) is 12.8 Å². The number of hydrogen-bond donors (Lipinski definition) is 2. The number of halogens is 1. The van der Waals surface area contributed by atoms with Crippen LogP contribution in [0.3, 0.4) is 0 Å². The highest BCUT2D eigenvalue weighted by Gasteiger charge is 2.30. The van der Waals surface area contributed by atoms with Gasteiger partial charge < -0.3 is 11.1 Å². The number of rotatable bonds is 5. The summed E-state index contributed by atoms with van der Waals surface area (Å²) in [5, 5.41) is 3.67. The smallest absolute Gasteiger partial charge is 0.263 e. The minimum Gasteiger partial charge on any atom is -0.345 e. The summed E-state index contributed by atoms with van der Waals surface area (Å²) in [6, 6.07) is 1.74. The molecule has 126 valence electrons. The van der Waals surface area contributed by atoms with Crippen LogP contribution in [0.2, 0.25) is 0 Å². The van der Waals surface area contributed by atoms with E-state index in [2.05, 4.69) is 20.3 Å². The maximum absolute atomic E-state index is 12.6. The summed E-state index contributed by atoms with van der Waals surface area (Å²) in [7, 11) is 0. The molecule has 1 unspecified atom stereocenters. The third kappa shape index (κ3) is 4.25. The Balaban J connectivity index is 0.00000264. The molecule has 0 saturated carbocycles. The highest BCUT2D eigenvalue weighted by atomic mass is 35.5. The number of carbonyl (C=O) groups is 1. The first-order valence-electron chi connectivity index (χ1n) is 7.15. The van der Waals surface area contributed by atoms with Gasteiger partial charge in [-0.05, 0) is 25.8 Å². The van der Waals surface area contributed by atoms with Crippen molar-refractivity contribution in [2.45, 2.75) is 33.2 Å². The van der Waals surface area contributed by atoms with Crippen LogP contribution in [0.15, 0.2) is 18.5 Å². The summed E-state index contributed by atoms with van der Waals surface area (Å²) < 4.78 is 0. The Morgan fingerprint density at radius 3 is 2.52 bits per heavy atom. The van der Waals surface area contributed by atoms with E-state index in [1.54, 1.807) is 18.5 Å². The number of carbonyl (C=O) groups excluding carboxylic acids is 1. The Morgan fingerprint density at radius 2 is 2.00 bits per heavy atom. The molecule has 3 N–H and O–H groups in total. The number of thiazole rings is 1. The van der Waals surface area contributed by atoms with Crippen LogP contribution in [0.1, 0.15) is 36.1 Å². The van der Waals surface area contributed by atoms with E-state index in [0.717, 1.165) is 0 Å². The van der Waals surface area contributed by atoms with Gasteiger partial charge in [0, 0.05) is 18.9 Å². The Morgan fingerprint density at radius 1 is 1.39 bits per heavy atom. The first-order valence-corrected chi connectivity index (χ1v) is 7.96. The zero-order chi connectivity index (χ0) is 16.3. The van der Waals surface area contributed by atoms with Gasteiger partial charge in [-0.3, -0.25) is 4.79 Å². The zero-order valence-electron chi connectivity index (χ0n) is 13.7. The zero-order valence-corrected chi connectivity index (χ0v) is 15.3. The molecule has 0 aliphatic rings. The largest absolute Gasteiger partial charge is 0.345 e. The van der Waals surface area contributed by atoms with Crippen molar-refractivity contribution in [2.75, 3.05) is 6.54 Å². The van der Waals surface area contributed by atoms with E-state index < -0.39 is 5.54 Å². The summed E-state index contributed by atoms with van der Waals surface area (Å²) in [4.78, 5) is 25.9. The van der Waals surface area contributed by atoms with Gasteiger partial charge in [0.15, 0.2) is 10.8 Å². The second-order valence-corrected chi connectivity index (χ2v) is 6.74. The summed E-state index contributed by atoms with van der Waals surface area (Å²) in [5.41, 5.74) is 6.05. The third-order valence-corrected chi connectivity index (χ3v) is 5.01. The predicted octanol–water partition coefficient (Wildman–Crippen LogP) is 2.43. The predicted molar refractivity (Wildman–Crippen MR) is 94.9 cm³/mol. The molecule has 0 aliphatic carbocycles. The molecule has 0 aliphatic heterocycles. The van der Waals surface area contributed by atoms with Crippen molar-refractivity contribution >= 4 is 29.7 Å². The Labute approximate surface area is 146 Å². The molecule has 23 heavy (non-hydrogen) atoms. The van der Waals surface area contributed by atoms with E-state index in [-0.39, 0.29) is 24.2 Å². The minimum atomic E-state index is -0.447. The van der Waals surface area contributed by atoms with Crippen LogP contribution in [0.5, 0.6) is 0 Å². The fourth-order valence-corrected chi connectivity index (χ4v) is 2.77. The molecule has 8 heteroatoms. The van der Waals surface area contributed by atoms with Gasteiger partial charge >= 0.3 is 0 Å². The maximum Gasteiger partial charge on any atom is 0.263 e. The van der Waals surface area contributed by atoms with Crippen molar-refractivity contribution in [3.8, 4) is 10.8 Å². The van der Waals surface area contributed by atoms with Crippen LogP contribution >= 0.6 is 23.7 Å². The number of nitrogens with one attached hydrogen (secondary N) is 1. The summed E-state index contributed by atoms with van der Waals surface area (Å²) in [5.74, 6) is 0.602. The van der Waals surface area contributed by atoms with Crippen LogP contribution in [0.25, 0.3) is 10.8 Å². The van der Waals surface area contributed by atoms with Crippen molar-refractivity contribution in [2.24, 2.45) is 11.7 Å². The number of nitrogens with zero attached hydrogens (tertiary/aromatic N) is 3. The number of aryl methyl sites for hydroxylation is 1. The monoisotopic (exact) mass is 355 g/mol. The Bertz CT molecular complexity index is 661. The Kier molecular flexibility index (Phi) is 6.61. The maximum atomic E-state index is 12.6. The molecule has 2 aromatic rings. The quantitative estimate of drug-likeness (QED) is 0.859. The van der Waals surface area contributed by atoms with Crippen molar-refractivity contribution < 1.29 is 4.79 Å². The van der Waals surface area contributed by atoms with Gasteiger partial charge in [-0.15, -0.1) is 23.7 Å². The first-order chi connectivity index (χ1) is 10.4. The lowest BCUT2D eigenvalue weighted by Gasteiger charge is -2.33. The average Bonchev–Trinajstić information content (AvgIpc) is 2.90. The van der Waals surface area contributed by atoms with E-state index in [1.807, 2.05) is 27.7 Å². The van der Waals surface area contributed by atoms with Gasteiger partial charge in [0.1, 0.15) is 4.88 Å². The molecule has 0 saturated heterocycles. The van der Waals surface area contributed by atoms with Crippen LogP contribution < -0.4 is 11.1 Å². The molecular weight excluding hydrogens is 334 g/mol. The van der Waals surface area contributed by atoms with Crippen LogP contribution in [-0.4, -0.2) is 32.9 Å². The molecule has 0 fully saturated rings. The molecule has 2 rings (SSSR count). The third-order valence-electron chi connectivity index (χ3n) is 3.86. The number of aromatic nitrogens is 3. The first kappa shape index (κ1) is 19.5. The Hall–Kier alpha value is -1.57. The molecule has 0 aromatic carbocycles. The van der Waals surface area contributed by atoms with Gasteiger partial charge in [0.05, 0.1) is 11.2 Å². The molecule has 2 heterocycles. The molecule has 1 atom stereocenters. The van der Waals surface area contributed by atoms with Crippen LogP contribution in [0.4, 0.5) is 0 Å². The van der Waals surface area contributed by atoms with E-state index >= 15 is 0 Å². The fourth-order valence-electron chi connectivity index (χ4n) is 1.86. The van der Waals surface area contributed by atoms with Gasteiger partial charge in [0.2, 0.25) is 0 Å². The normalized spacial score (nSPS) is 13.3. The van der Waals surface area contributed by atoms with E-state index in [4.69, 9.17) is 5.73 Å². The van der Waals surface area contributed by atoms with Gasteiger partial charge in [-0.25, -0.2) is 15.0 Å². The van der Waals surface area contributed by atoms with Crippen molar-refractivity contribution in [1.29, 1.82) is 0 Å². The molecule has 6 nitrogen and oxygen atoms in total. The summed E-state index contributed by atoms with van der Waals surface area (Å²) in [6.07, 6.45) is 3.31. The number of hydrogen-bond acceptors (Lipinski definition) is 6. The molecule has 0 bridgehead atoms. The van der Waals surface area contributed by atoms with E-state index in [0.29, 0.717) is 27.9 Å². The van der Waals surface area contributed by atoms with Crippen molar-refractivity contribution in [1.82, 2.24) is 20.3 Å². The second-order valence-electron chi connectivity index (χ2n) is 5.74. The number of amides is 1. The number of nitrogens with two attached hydrogens (primary N) is 1. The lowest BCUT2D eigenvalue weighted by Crippen LogP contribution is -2.54. The van der Waals surface area contributed by atoms with E-state index in [1.165, 1.54) is 11.3 Å². The molecule has 0 radical (unpaired) electrons. The van der Waals surface area contributed by atoms with Gasteiger partial charge in [-0.1, -0.05) is 13.8 Å². The highest BCUT2D eigenvalue weighted by Crippen LogP contribution is 2.26. The second kappa shape index (κ2) is 7.81. The van der Waals surface area contributed by atoms with Gasteiger partial charge in [-0.2, -0.15) is 0 Å². The molecule has 1 amide bonds. The average molecular weight is 356 g/mol. The molecular formula is C15H22ClN5OS.